The van der Waals surface area contributed by atoms with E-state index in [-0.39, 0.29) is 45.4 Å². The molecule has 0 radical (unpaired) electrons. The average molecular weight is 1030 g/mol. The number of hydrogen-bond acceptors (Lipinski definition) is 11. The Labute approximate surface area is 403 Å². The number of rotatable bonds is 18. The van der Waals surface area contributed by atoms with E-state index in [2.05, 4.69) is 31.9 Å². The van der Waals surface area contributed by atoms with Crippen LogP contribution in [0.1, 0.15) is 79.2 Å². The molecule has 7 rings (SSSR count). The van der Waals surface area contributed by atoms with Crippen molar-refractivity contribution < 1.29 is 52.5 Å². The third-order valence-electron chi connectivity index (χ3n) is 10.5. The van der Waals surface area contributed by atoms with Crippen LogP contribution in [0.25, 0.3) is 0 Å². The predicted molar refractivity (Wildman–Crippen MR) is 257 cm³/mol. The van der Waals surface area contributed by atoms with E-state index in [1.165, 1.54) is 6.42 Å². The molecule has 348 valence electrons. The molecule has 0 saturated heterocycles. The maximum atomic E-state index is 12.5. The van der Waals surface area contributed by atoms with Crippen LogP contribution in [0.4, 0.5) is 0 Å². The van der Waals surface area contributed by atoms with Crippen molar-refractivity contribution in [1.29, 1.82) is 0 Å². The number of carbonyl (C=O) groups is 6. The number of esters is 5. The fourth-order valence-electron chi connectivity index (χ4n) is 6.29. The zero-order valence-electron chi connectivity index (χ0n) is 36.9. The first kappa shape index (κ1) is 52.7. The topological polar surface area (TPSA) is 149 Å². The summed E-state index contributed by atoms with van der Waals surface area (Å²) >= 11 is 6.56. The van der Waals surface area contributed by atoms with E-state index in [9.17, 15) is 28.8 Å². The highest BCUT2D eigenvalue weighted by Crippen LogP contribution is 2.44. The Kier molecular flexibility index (Phi) is 23.6. The lowest BCUT2D eigenvalue weighted by molar-refractivity contribution is -0.181. The summed E-state index contributed by atoms with van der Waals surface area (Å²) in [5, 5.41) is 2.22. The van der Waals surface area contributed by atoms with E-state index in [1.54, 1.807) is 0 Å². The van der Waals surface area contributed by atoms with Crippen LogP contribution < -0.4 is 0 Å². The van der Waals surface area contributed by atoms with Crippen LogP contribution in [-0.2, 0) is 85.5 Å². The Morgan fingerprint density at radius 2 is 0.712 bits per heavy atom. The second-order valence-corrected chi connectivity index (χ2v) is 17.0. The van der Waals surface area contributed by atoms with Gasteiger partial charge in [-0.1, -0.05) is 190 Å². The second-order valence-electron chi connectivity index (χ2n) is 15.4. The van der Waals surface area contributed by atoms with E-state index in [0.717, 1.165) is 57.6 Å². The number of alkyl halides is 2. The summed E-state index contributed by atoms with van der Waals surface area (Å²) in [5.74, 6) is -2.50. The van der Waals surface area contributed by atoms with E-state index in [4.69, 9.17) is 23.7 Å². The zero-order chi connectivity index (χ0) is 47.3. The number of aldehydes is 1. The quantitative estimate of drug-likeness (QED) is 0.0271. The molecule has 0 unspecified atom stereocenters. The van der Waals surface area contributed by atoms with Gasteiger partial charge in [-0.15, -0.1) is 0 Å². The van der Waals surface area contributed by atoms with Crippen molar-refractivity contribution in [2.75, 3.05) is 10.7 Å². The number of benzene rings is 5. The Balaban J connectivity index is 0.000000209. The molecule has 0 amide bonds. The first-order valence-electron chi connectivity index (χ1n) is 21.7. The lowest BCUT2D eigenvalue weighted by Gasteiger charge is -2.36. The van der Waals surface area contributed by atoms with Crippen LogP contribution in [0, 0.1) is 10.8 Å². The van der Waals surface area contributed by atoms with E-state index in [1.807, 2.05) is 152 Å². The summed E-state index contributed by atoms with van der Waals surface area (Å²) in [6.07, 6.45) is 5.60. The summed E-state index contributed by atoms with van der Waals surface area (Å²) in [6, 6.07) is 46.9. The summed E-state index contributed by atoms with van der Waals surface area (Å²) in [4.78, 5) is 70.5. The number of hydrogen-bond donors (Lipinski definition) is 0. The van der Waals surface area contributed by atoms with Crippen molar-refractivity contribution >= 4 is 68.0 Å². The van der Waals surface area contributed by atoms with E-state index >= 15 is 0 Å². The fraction of sp³-hybridized carbons (Fsp3) is 0.321. The fourth-order valence-corrected chi connectivity index (χ4v) is 7.60. The Hall–Kier alpha value is -5.92. The van der Waals surface area contributed by atoms with Gasteiger partial charge in [-0.25, -0.2) is 0 Å². The summed E-state index contributed by atoms with van der Waals surface area (Å²) in [5.41, 5.74) is 2.54. The minimum Gasteiger partial charge on any atom is -0.460 e. The molecule has 0 spiro atoms. The van der Waals surface area contributed by atoms with Gasteiger partial charge < -0.3 is 28.5 Å². The lowest BCUT2D eigenvalue weighted by atomic mass is 9.69. The normalized spacial score (nSPS) is 13.5. The molecule has 0 N–H and O–H groups in total. The van der Waals surface area contributed by atoms with Gasteiger partial charge in [0.05, 0.1) is 0 Å². The molecule has 5 aromatic rings. The SMILES string of the molecule is BrCCCBr.O=C(CC(=O)OCc1ccccc1)OCc1ccccc1.O=C(OCc1ccccc1)C1(C(=O)OCc2ccccc2)CCC1.O=CC1(C(=O)OCc2ccccc2)CCC1. The lowest BCUT2D eigenvalue weighted by Crippen LogP contribution is -2.47. The second kappa shape index (κ2) is 29.6. The van der Waals surface area contributed by atoms with E-state index in [0.29, 0.717) is 25.7 Å². The maximum absolute atomic E-state index is 12.5. The minimum absolute atomic E-state index is 0.158. The highest BCUT2D eigenvalue weighted by atomic mass is 79.9. The molecule has 13 heteroatoms. The summed E-state index contributed by atoms with van der Waals surface area (Å²) in [6.45, 7) is 0.910. The van der Waals surface area contributed by atoms with Gasteiger partial charge in [0.15, 0.2) is 5.41 Å². The van der Waals surface area contributed by atoms with Crippen LogP contribution in [0.5, 0.6) is 0 Å². The number of ether oxygens (including phenoxy) is 5. The average Bonchev–Trinajstić information content (AvgIpc) is 3.33. The zero-order valence-corrected chi connectivity index (χ0v) is 40.0. The van der Waals surface area contributed by atoms with Crippen molar-refractivity contribution in [1.82, 2.24) is 0 Å². The van der Waals surface area contributed by atoms with Crippen molar-refractivity contribution in [3.8, 4) is 0 Å². The molecule has 2 fully saturated rings. The number of halogens is 2. The minimum atomic E-state index is -1.12. The molecule has 0 heterocycles. The Morgan fingerprint density at radius 3 is 0.939 bits per heavy atom. The molecule has 0 atom stereocenters. The molecule has 2 saturated carbocycles. The molecule has 2 aliphatic carbocycles. The van der Waals surface area contributed by atoms with Crippen molar-refractivity contribution in [2.45, 2.75) is 84.4 Å². The van der Waals surface area contributed by atoms with Gasteiger partial charge in [0, 0.05) is 10.7 Å². The van der Waals surface area contributed by atoms with Gasteiger partial charge in [-0.2, -0.15) is 0 Å². The summed E-state index contributed by atoms with van der Waals surface area (Å²) < 4.78 is 25.9. The third kappa shape index (κ3) is 18.2. The largest absolute Gasteiger partial charge is 0.460 e. The molecule has 2 aliphatic rings. The van der Waals surface area contributed by atoms with Crippen LogP contribution in [-0.4, -0.2) is 46.8 Å². The molecule has 11 nitrogen and oxygen atoms in total. The maximum Gasteiger partial charge on any atom is 0.323 e. The molecular formula is C53H56Br2O11. The molecule has 66 heavy (non-hydrogen) atoms. The first-order valence-corrected chi connectivity index (χ1v) is 24.0. The monoisotopic (exact) mass is 1030 g/mol. The van der Waals surface area contributed by atoms with Crippen molar-refractivity contribution in [3.63, 3.8) is 0 Å². The molecule has 5 aromatic carbocycles. The van der Waals surface area contributed by atoms with Crippen LogP contribution in [0.15, 0.2) is 152 Å². The van der Waals surface area contributed by atoms with Crippen LogP contribution in [0.2, 0.25) is 0 Å². The standard InChI is InChI=1S/C20H20O4.C17H16O4.C13H14O3.C3H6Br2/c21-18(23-14-16-8-3-1-4-9-16)20(12-7-13-20)19(22)24-15-17-10-5-2-6-11-17;18-16(20-12-14-7-3-1-4-8-14)11-17(19)21-13-15-9-5-2-6-10-15;14-10-13(7-4-8-13)12(15)16-9-11-5-2-1-3-6-11;4-2-1-3-5/h1-6,8-11H,7,12-15H2;1-10H,11-13H2;1-3,5-6,10H,4,7-9H2;1-3H2. The highest BCUT2D eigenvalue weighted by molar-refractivity contribution is 9.09. The third-order valence-corrected chi connectivity index (χ3v) is 11.7. The first-order chi connectivity index (χ1) is 32.1. The number of carbonyl (C=O) groups excluding carboxylic acids is 6. The van der Waals surface area contributed by atoms with E-state index < -0.39 is 34.7 Å². The van der Waals surface area contributed by atoms with Gasteiger partial charge in [0.1, 0.15) is 51.2 Å². The van der Waals surface area contributed by atoms with Crippen molar-refractivity contribution in [2.24, 2.45) is 10.8 Å². The molecule has 0 bridgehead atoms. The van der Waals surface area contributed by atoms with Crippen molar-refractivity contribution in [3.05, 3.63) is 179 Å². The molecule has 0 aliphatic heterocycles. The van der Waals surface area contributed by atoms with Crippen LogP contribution >= 0.6 is 31.9 Å². The Morgan fingerprint density at radius 1 is 0.424 bits per heavy atom. The van der Waals surface area contributed by atoms with Gasteiger partial charge in [-0.05, 0) is 66.3 Å². The summed E-state index contributed by atoms with van der Waals surface area (Å²) in [7, 11) is 0. The van der Waals surface area contributed by atoms with Gasteiger partial charge >= 0.3 is 29.8 Å². The van der Waals surface area contributed by atoms with Gasteiger partial charge in [-0.3, -0.25) is 24.0 Å². The highest BCUT2D eigenvalue weighted by Gasteiger charge is 2.53. The molecule has 0 aromatic heterocycles. The molecular weight excluding hydrogens is 972 g/mol. The van der Waals surface area contributed by atoms with Gasteiger partial charge in [0.2, 0.25) is 0 Å². The van der Waals surface area contributed by atoms with Gasteiger partial charge in [0.25, 0.3) is 0 Å². The van der Waals surface area contributed by atoms with Crippen LogP contribution in [0.3, 0.4) is 0 Å². The Bertz CT molecular complexity index is 2090. The smallest absolute Gasteiger partial charge is 0.323 e. The predicted octanol–water partition coefficient (Wildman–Crippen LogP) is 10.8.